The summed E-state index contributed by atoms with van der Waals surface area (Å²) in [6.07, 6.45) is 0. The van der Waals surface area contributed by atoms with E-state index in [1.807, 2.05) is 79.7 Å². The molecule has 3 aromatic carbocycles. The Morgan fingerprint density at radius 1 is 0.944 bits per heavy atom. The molecule has 0 atom stereocenters. The molecule has 4 rings (SSSR count). The van der Waals surface area contributed by atoms with E-state index in [2.05, 4.69) is 11.4 Å². The Balaban J connectivity index is 1.72. The number of carbonyl (C=O) groups excluding carboxylic acids is 1. The zero-order valence-electron chi connectivity index (χ0n) is 20.2. The van der Waals surface area contributed by atoms with Crippen molar-refractivity contribution in [2.24, 2.45) is 0 Å². The Morgan fingerprint density at radius 2 is 1.67 bits per heavy atom. The lowest BCUT2D eigenvalue weighted by Gasteiger charge is -2.14. The third kappa shape index (κ3) is 5.68. The molecule has 0 unspecified atom stereocenters. The number of aromatic nitrogens is 1. The Kier molecular flexibility index (Phi) is 7.89. The minimum atomic E-state index is -0.174. The van der Waals surface area contributed by atoms with Crippen LogP contribution in [0.4, 0.5) is 5.69 Å². The number of pyridine rings is 1. The zero-order valence-corrected chi connectivity index (χ0v) is 21.1. The molecule has 36 heavy (non-hydrogen) atoms. The quantitative estimate of drug-likeness (QED) is 0.287. The molecule has 1 aromatic heterocycles. The van der Waals surface area contributed by atoms with E-state index in [1.165, 1.54) is 11.8 Å². The van der Waals surface area contributed by atoms with Gasteiger partial charge in [0.05, 0.1) is 31.2 Å². The maximum Gasteiger partial charge on any atom is 0.234 e. The van der Waals surface area contributed by atoms with Crippen LogP contribution in [0.1, 0.15) is 11.1 Å². The maximum atomic E-state index is 12.7. The third-order valence-electron chi connectivity index (χ3n) is 5.54. The number of hydrogen-bond acceptors (Lipinski definition) is 6. The normalized spacial score (nSPS) is 10.4. The molecule has 180 valence electrons. The van der Waals surface area contributed by atoms with Crippen LogP contribution in [0.5, 0.6) is 11.5 Å². The fourth-order valence-electron chi connectivity index (χ4n) is 3.69. The van der Waals surface area contributed by atoms with Crippen molar-refractivity contribution in [2.75, 3.05) is 25.3 Å². The second-order valence-corrected chi connectivity index (χ2v) is 8.95. The minimum Gasteiger partial charge on any atom is -0.493 e. The smallest absolute Gasteiger partial charge is 0.234 e. The second-order valence-electron chi connectivity index (χ2n) is 7.99. The molecule has 0 aliphatic carbocycles. The summed E-state index contributed by atoms with van der Waals surface area (Å²) in [5.74, 6) is 1.09. The van der Waals surface area contributed by atoms with Gasteiger partial charge in [-0.25, -0.2) is 4.98 Å². The van der Waals surface area contributed by atoms with Crippen LogP contribution in [0.2, 0.25) is 0 Å². The predicted octanol–water partition coefficient (Wildman–Crippen LogP) is 6.34. The molecule has 0 spiro atoms. The summed E-state index contributed by atoms with van der Waals surface area (Å²) in [5.41, 5.74) is 5.35. The molecule has 0 aliphatic heterocycles. The van der Waals surface area contributed by atoms with E-state index in [1.54, 1.807) is 20.3 Å². The van der Waals surface area contributed by atoms with Crippen LogP contribution < -0.4 is 14.8 Å². The third-order valence-corrected chi connectivity index (χ3v) is 6.51. The monoisotopic (exact) mass is 495 g/mol. The van der Waals surface area contributed by atoms with Crippen LogP contribution in [0.25, 0.3) is 22.4 Å². The fourth-order valence-corrected chi connectivity index (χ4v) is 4.49. The lowest BCUT2D eigenvalue weighted by atomic mass is 9.99. The highest BCUT2D eigenvalue weighted by Crippen LogP contribution is 2.38. The van der Waals surface area contributed by atoms with Gasteiger partial charge in [0.15, 0.2) is 11.5 Å². The summed E-state index contributed by atoms with van der Waals surface area (Å²) < 4.78 is 10.8. The summed E-state index contributed by atoms with van der Waals surface area (Å²) in [6, 6.07) is 27.1. The maximum absolute atomic E-state index is 12.7. The summed E-state index contributed by atoms with van der Waals surface area (Å²) >= 11 is 1.24. The van der Waals surface area contributed by atoms with Gasteiger partial charge in [0, 0.05) is 16.8 Å². The number of aryl methyl sites for hydroxylation is 1. The number of anilines is 1. The molecule has 0 saturated heterocycles. The standard InChI is InChI=1S/C29H25N3O3S/c1-19-9-12-22(13-10-19)31-28(33)18-36-29-24(17-30)23(16-25(32-29)20-7-5-4-6-8-20)21-11-14-26(34-2)27(15-21)35-3/h4-16H,18H2,1-3H3,(H,31,33). The first-order valence-corrected chi connectivity index (χ1v) is 12.2. The number of thioether (sulfide) groups is 1. The molecule has 0 saturated carbocycles. The highest BCUT2D eigenvalue weighted by Gasteiger charge is 2.18. The van der Waals surface area contributed by atoms with Gasteiger partial charge in [-0.05, 0) is 42.8 Å². The first-order chi connectivity index (χ1) is 17.5. The van der Waals surface area contributed by atoms with Crippen LogP contribution in [0.15, 0.2) is 83.9 Å². The largest absolute Gasteiger partial charge is 0.493 e. The van der Waals surface area contributed by atoms with Crippen molar-refractivity contribution in [3.8, 4) is 40.0 Å². The van der Waals surface area contributed by atoms with Gasteiger partial charge in [-0.15, -0.1) is 0 Å². The molecule has 0 radical (unpaired) electrons. The summed E-state index contributed by atoms with van der Waals surface area (Å²) in [5, 5.41) is 13.5. The summed E-state index contributed by atoms with van der Waals surface area (Å²) in [4.78, 5) is 17.4. The molecule has 0 aliphatic rings. The Hall–Kier alpha value is -4.28. The van der Waals surface area contributed by atoms with E-state index >= 15 is 0 Å². The SMILES string of the molecule is COc1ccc(-c2cc(-c3ccccc3)nc(SCC(=O)Nc3ccc(C)cc3)c2C#N)cc1OC. The van der Waals surface area contributed by atoms with Crippen molar-refractivity contribution in [1.29, 1.82) is 5.26 Å². The highest BCUT2D eigenvalue weighted by molar-refractivity contribution is 8.00. The van der Waals surface area contributed by atoms with Crippen LogP contribution in [-0.2, 0) is 4.79 Å². The number of ether oxygens (including phenoxy) is 2. The van der Waals surface area contributed by atoms with Crippen LogP contribution >= 0.6 is 11.8 Å². The number of methoxy groups -OCH3 is 2. The van der Waals surface area contributed by atoms with Gasteiger partial charge >= 0.3 is 0 Å². The number of rotatable bonds is 8. The topological polar surface area (TPSA) is 84.2 Å². The van der Waals surface area contributed by atoms with Crippen molar-refractivity contribution < 1.29 is 14.3 Å². The predicted molar refractivity (Wildman–Crippen MR) is 143 cm³/mol. The van der Waals surface area contributed by atoms with E-state index in [0.29, 0.717) is 33.3 Å². The van der Waals surface area contributed by atoms with Crippen LogP contribution in [0, 0.1) is 18.3 Å². The van der Waals surface area contributed by atoms with E-state index in [-0.39, 0.29) is 11.7 Å². The molecule has 7 heteroatoms. The average Bonchev–Trinajstić information content (AvgIpc) is 2.92. The Bertz CT molecular complexity index is 1410. The highest BCUT2D eigenvalue weighted by atomic mass is 32.2. The van der Waals surface area contributed by atoms with Gasteiger partial charge in [0.2, 0.25) is 5.91 Å². The lowest BCUT2D eigenvalue weighted by Crippen LogP contribution is -2.14. The van der Waals surface area contributed by atoms with E-state index in [9.17, 15) is 10.1 Å². The van der Waals surface area contributed by atoms with Crippen molar-refractivity contribution in [3.05, 3.63) is 90.0 Å². The number of hydrogen-bond donors (Lipinski definition) is 1. The molecule has 1 N–H and O–H groups in total. The molecule has 0 fully saturated rings. The molecular formula is C29H25N3O3S. The van der Waals surface area contributed by atoms with Crippen molar-refractivity contribution >= 4 is 23.4 Å². The van der Waals surface area contributed by atoms with Crippen molar-refractivity contribution in [1.82, 2.24) is 4.98 Å². The summed E-state index contributed by atoms with van der Waals surface area (Å²) in [7, 11) is 3.15. The number of benzene rings is 3. The van der Waals surface area contributed by atoms with Gasteiger partial charge in [-0.3, -0.25) is 4.79 Å². The van der Waals surface area contributed by atoms with Gasteiger partial charge < -0.3 is 14.8 Å². The first-order valence-electron chi connectivity index (χ1n) is 11.2. The molecule has 1 amide bonds. The lowest BCUT2D eigenvalue weighted by molar-refractivity contribution is -0.113. The molecule has 6 nitrogen and oxygen atoms in total. The first kappa shape index (κ1) is 24.8. The van der Waals surface area contributed by atoms with Crippen molar-refractivity contribution in [2.45, 2.75) is 11.9 Å². The number of carbonyl (C=O) groups is 1. The molecule has 0 bridgehead atoms. The number of amides is 1. The van der Waals surface area contributed by atoms with Crippen LogP contribution in [0.3, 0.4) is 0 Å². The Labute approximate surface area is 214 Å². The van der Waals surface area contributed by atoms with Gasteiger partial charge in [-0.2, -0.15) is 5.26 Å². The van der Waals surface area contributed by atoms with E-state index < -0.39 is 0 Å². The molecule has 4 aromatic rings. The average molecular weight is 496 g/mol. The van der Waals surface area contributed by atoms with Crippen molar-refractivity contribution in [3.63, 3.8) is 0 Å². The minimum absolute atomic E-state index is 0.110. The fraction of sp³-hybridized carbons (Fsp3) is 0.138. The molecule has 1 heterocycles. The Morgan fingerprint density at radius 3 is 2.33 bits per heavy atom. The summed E-state index contributed by atoms with van der Waals surface area (Å²) in [6.45, 7) is 1.99. The van der Waals surface area contributed by atoms with Gasteiger partial charge in [-0.1, -0.05) is 65.9 Å². The van der Waals surface area contributed by atoms with E-state index in [0.717, 1.165) is 22.4 Å². The number of nitrogens with one attached hydrogen (secondary N) is 1. The number of nitrogens with zero attached hydrogens (tertiary/aromatic N) is 2. The van der Waals surface area contributed by atoms with Gasteiger partial charge in [0.1, 0.15) is 11.1 Å². The van der Waals surface area contributed by atoms with E-state index in [4.69, 9.17) is 14.5 Å². The second kappa shape index (κ2) is 11.4. The zero-order chi connectivity index (χ0) is 25.5. The van der Waals surface area contributed by atoms with Gasteiger partial charge in [0.25, 0.3) is 0 Å². The molecular weight excluding hydrogens is 470 g/mol. The number of nitriles is 1. The van der Waals surface area contributed by atoms with Crippen LogP contribution in [-0.4, -0.2) is 30.9 Å².